The summed E-state index contributed by atoms with van der Waals surface area (Å²) < 4.78 is 27.9. The number of anilines is 1. The van der Waals surface area contributed by atoms with Gasteiger partial charge in [-0.05, 0) is 37.3 Å². The molecule has 4 aromatic rings. The summed E-state index contributed by atoms with van der Waals surface area (Å²) in [6.07, 6.45) is 0.678. The monoisotopic (exact) mass is 483 g/mol. The highest BCUT2D eigenvalue weighted by atomic mass is 32.2. The molecule has 0 atom stereocenters. The first kappa shape index (κ1) is 23.1. The van der Waals surface area contributed by atoms with E-state index in [1.54, 1.807) is 29.5 Å². The number of hydrogen-bond acceptors (Lipinski definition) is 6. The Morgan fingerprint density at radius 2 is 1.94 bits per heavy atom. The number of nitrogens with zero attached hydrogens (tertiary/aromatic N) is 4. The normalized spacial score (nSPS) is 11.9. The average molecular weight is 484 g/mol. The highest BCUT2D eigenvalue weighted by Gasteiger charge is 2.19. The lowest BCUT2D eigenvalue weighted by Crippen LogP contribution is -2.22. The maximum absolute atomic E-state index is 12.6. The number of aryl methyl sites for hydroxylation is 3. The quantitative estimate of drug-likeness (QED) is 0.431. The lowest BCUT2D eigenvalue weighted by Gasteiger charge is -2.10. The third-order valence-corrected chi connectivity index (χ3v) is 7.94. The molecular formula is C23H25N5O3S2. The molecule has 172 valence electrons. The number of imidazole rings is 1. The molecule has 0 saturated carbocycles. The summed E-state index contributed by atoms with van der Waals surface area (Å²) in [5.74, 6) is 0.593. The molecule has 0 aliphatic rings. The first-order chi connectivity index (χ1) is 15.6. The number of carbonyl (C=O) groups excluding carboxylic acids is 1. The maximum atomic E-state index is 12.6. The zero-order chi connectivity index (χ0) is 23.8. The van der Waals surface area contributed by atoms with Crippen LogP contribution in [-0.2, 0) is 28.3 Å². The van der Waals surface area contributed by atoms with E-state index in [-0.39, 0.29) is 17.2 Å². The first-order valence-electron chi connectivity index (χ1n) is 10.4. The minimum atomic E-state index is -3.54. The predicted octanol–water partition coefficient (Wildman–Crippen LogP) is 3.83. The van der Waals surface area contributed by atoms with Crippen LogP contribution in [0.15, 0.2) is 52.7 Å². The van der Waals surface area contributed by atoms with Crippen molar-refractivity contribution < 1.29 is 13.2 Å². The van der Waals surface area contributed by atoms with E-state index in [1.165, 1.54) is 18.4 Å². The molecule has 2 heterocycles. The molecular weight excluding hydrogens is 458 g/mol. The highest BCUT2D eigenvalue weighted by Crippen LogP contribution is 2.25. The van der Waals surface area contributed by atoms with Gasteiger partial charge in [-0.3, -0.25) is 4.79 Å². The number of nitrogens with one attached hydrogen (secondary N) is 1. The van der Waals surface area contributed by atoms with Crippen LogP contribution in [0, 0.1) is 6.92 Å². The van der Waals surface area contributed by atoms with Gasteiger partial charge in [0.05, 0.1) is 26.6 Å². The van der Waals surface area contributed by atoms with Crippen molar-refractivity contribution in [1.82, 2.24) is 18.8 Å². The fourth-order valence-corrected chi connectivity index (χ4v) is 5.07. The number of benzene rings is 2. The SMILES string of the molecule is Cc1nc(-c2cccc(NC(=O)CCc3nc4cc(S(=O)(=O)N(C)C)ccc4n3C)c2)cs1. The summed E-state index contributed by atoms with van der Waals surface area (Å²) in [4.78, 5) is 21.8. The van der Waals surface area contributed by atoms with Crippen molar-refractivity contribution >= 4 is 44.0 Å². The smallest absolute Gasteiger partial charge is 0.242 e. The van der Waals surface area contributed by atoms with E-state index < -0.39 is 10.0 Å². The molecule has 0 aliphatic carbocycles. The summed E-state index contributed by atoms with van der Waals surface area (Å²) in [5.41, 5.74) is 3.96. The molecule has 8 nitrogen and oxygen atoms in total. The molecule has 10 heteroatoms. The van der Waals surface area contributed by atoms with Gasteiger partial charge in [0.2, 0.25) is 15.9 Å². The van der Waals surface area contributed by atoms with E-state index in [2.05, 4.69) is 15.3 Å². The summed E-state index contributed by atoms with van der Waals surface area (Å²) in [7, 11) is 1.32. The zero-order valence-corrected chi connectivity index (χ0v) is 20.5. The number of sulfonamides is 1. The molecule has 0 fully saturated rings. The van der Waals surface area contributed by atoms with Crippen LogP contribution in [0.2, 0.25) is 0 Å². The molecule has 1 N–H and O–H groups in total. The lowest BCUT2D eigenvalue weighted by molar-refractivity contribution is -0.116. The van der Waals surface area contributed by atoms with Crippen molar-refractivity contribution in [3.63, 3.8) is 0 Å². The van der Waals surface area contributed by atoms with Gasteiger partial charge < -0.3 is 9.88 Å². The van der Waals surface area contributed by atoms with Crippen molar-refractivity contribution in [2.24, 2.45) is 7.05 Å². The largest absolute Gasteiger partial charge is 0.331 e. The standard InChI is InChI=1S/C23H25N5O3S2/c1-15-24-20(14-32-15)16-6-5-7-17(12-16)25-23(29)11-10-22-26-19-13-18(33(30,31)27(2)3)8-9-21(19)28(22)4/h5-9,12-14H,10-11H2,1-4H3,(H,25,29). The van der Waals surface area contributed by atoms with Crippen LogP contribution in [0.3, 0.4) is 0 Å². The van der Waals surface area contributed by atoms with E-state index in [1.807, 2.05) is 48.2 Å². The van der Waals surface area contributed by atoms with Gasteiger partial charge in [-0.15, -0.1) is 11.3 Å². The number of rotatable bonds is 7. The Balaban J connectivity index is 1.46. The third-order valence-electron chi connectivity index (χ3n) is 5.36. The van der Waals surface area contributed by atoms with Crippen LogP contribution in [0.4, 0.5) is 5.69 Å². The minimum absolute atomic E-state index is 0.121. The van der Waals surface area contributed by atoms with Crippen LogP contribution in [0.5, 0.6) is 0 Å². The van der Waals surface area contributed by atoms with E-state index in [9.17, 15) is 13.2 Å². The molecule has 33 heavy (non-hydrogen) atoms. The van der Waals surface area contributed by atoms with Gasteiger partial charge in [-0.25, -0.2) is 22.7 Å². The number of aromatic nitrogens is 3. The Morgan fingerprint density at radius 3 is 2.64 bits per heavy atom. The molecule has 0 saturated heterocycles. The topological polar surface area (TPSA) is 97.2 Å². The summed E-state index contributed by atoms with van der Waals surface area (Å²) >= 11 is 1.59. The number of thiazole rings is 1. The van der Waals surface area contributed by atoms with Crippen molar-refractivity contribution in [2.75, 3.05) is 19.4 Å². The maximum Gasteiger partial charge on any atom is 0.242 e. The molecule has 0 spiro atoms. The number of amides is 1. The third kappa shape index (κ3) is 4.82. The number of hydrogen-bond donors (Lipinski definition) is 1. The van der Waals surface area contributed by atoms with E-state index in [0.29, 0.717) is 23.4 Å². The molecule has 0 radical (unpaired) electrons. The van der Waals surface area contributed by atoms with Crippen LogP contribution in [0.1, 0.15) is 17.3 Å². The summed E-state index contributed by atoms with van der Waals surface area (Å²) in [5, 5.41) is 5.93. The van der Waals surface area contributed by atoms with Gasteiger partial charge in [0.25, 0.3) is 0 Å². The van der Waals surface area contributed by atoms with Gasteiger partial charge in [0.1, 0.15) is 5.82 Å². The Bertz CT molecular complexity index is 1440. The van der Waals surface area contributed by atoms with Gasteiger partial charge in [-0.2, -0.15) is 0 Å². The highest BCUT2D eigenvalue weighted by molar-refractivity contribution is 7.89. The Morgan fingerprint density at radius 1 is 1.15 bits per heavy atom. The molecule has 4 rings (SSSR count). The predicted molar refractivity (Wildman–Crippen MR) is 131 cm³/mol. The van der Waals surface area contributed by atoms with E-state index >= 15 is 0 Å². The average Bonchev–Trinajstić information content (AvgIpc) is 3.35. The van der Waals surface area contributed by atoms with E-state index in [0.717, 1.165) is 21.8 Å². The van der Waals surface area contributed by atoms with Crippen molar-refractivity contribution in [2.45, 2.75) is 24.7 Å². The second-order valence-corrected chi connectivity index (χ2v) is 11.1. The molecule has 1 amide bonds. The van der Waals surface area contributed by atoms with Gasteiger partial charge in [0.15, 0.2) is 0 Å². The van der Waals surface area contributed by atoms with Gasteiger partial charge in [0, 0.05) is 50.6 Å². The first-order valence-corrected chi connectivity index (χ1v) is 12.7. The minimum Gasteiger partial charge on any atom is -0.331 e. The van der Waals surface area contributed by atoms with Crippen LogP contribution in [0.25, 0.3) is 22.3 Å². The summed E-state index contributed by atoms with van der Waals surface area (Å²) in [6.45, 7) is 1.96. The Hall–Kier alpha value is -3.08. The van der Waals surface area contributed by atoms with Crippen LogP contribution in [-0.4, -0.2) is 47.3 Å². The van der Waals surface area contributed by atoms with Crippen molar-refractivity contribution in [1.29, 1.82) is 0 Å². The Labute approximate surface area is 197 Å². The molecule has 2 aromatic heterocycles. The number of carbonyl (C=O) groups is 1. The molecule has 0 aliphatic heterocycles. The van der Waals surface area contributed by atoms with Gasteiger partial charge >= 0.3 is 0 Å². The Kier molecular flexibility index (Phi) is 6.33. The fourth-order valence-electron chi connectivity index (χ4n) is 3.53. The lowest BCUT2D eigenvalue weighted by atomic mass is 10.1. The fraction of sp³-hybridized carbons (Fsp3) is 0.261. The van der Waals surface area contributed by atoms with Gasteiger partial charge in [-0.1, -0.05) is 12.1 Å². The second kappa shape index (κ2) is 9.05. The molecule has 0 bridgehead atoms. The van der Waals surface area contributed by atoms with E-state index in [4.69, 9.17) is 0 Å². The summed E-state index contributed by atoms with van der Waals surface area (Å²) in [6, 6.07) is 12.5. The molecule has 2 aromatic carbocycles. The van der Waals surface area contributed by atoms with Crippen LogP contribution < -0.4 is 5.32 Å². The second-order valence-electron chi connectivity index (χ2n) is 7.91. The molecule has 0 unspecified atom stereocenters. The van der Waals surface area contributed by atoms with Crippen molar-refractivity contribution in [3.8, 4) is 11.3 Å². The van der Waals surface area contributed by atoms with Crippen molar-refractivity contribution in [3.05, 3.63) is 58.7 Å². The number of fused-ring (bicyclic) bond motifs is 1. The zero-order valence-electron chi connectivity index (χ0n) is 18.9. The van der Waals surface area contributed by atoms with Crippen LogP contribution >= 0.6 is 11.3 Å².